The van der Waals surface area contributed by atoms with Crippen molar-refractivity contribution in [1.82, 2.24) is 14.5 Å². The van der Waals surface area contributed by atoms with Crippen LogP contribution >= 0.6 is 11.3 Å². The second-order valence-electron chi connectivity index (χ2n) is 8.35. The highest BCUT2D eigenvalue weighted by Crippen LogP contribution is 2.34. The minimum Gasteiger partial charge on any atom is -0.389 e. The largest absolute Gasteiger partial charge is 0.416 e. The topological polar surface area (TPSA) is 80.0 Å². The van der Waals surface area contributed by atoms with E-state index >= 15 is 0 Å². The summed E-state index contributed by atoms with van der Waals surface area (Å²) in [5, 5.41) is 12.7. The maximum atomic E-state index is 13.4. The number of nitrogens with one attached hydrogen (secondary N) is 1. The maximum Gasteiger partial charge on any atom is 0.416 e. The van der Waals surface area contributed by atoms with E-state index in [0.717, 1.165) is 24.3 Å². The molecule has 0 aliphatic heterocycles. The first kappa shape index (κ1) is 25.7. The van der Waals surface area contributed by atoms with E-state index in [2.05, 4.69) is 15.3 Å². The molecule has 0 saturated carbocycles. The van der Waals surface area contributed by atoms with E-state index in [-0.39, 0.29) is 30.0 Å². The molecule has 13 heteroatoms. The number of aromatic nitrogens is 3. The van der Waals surface area contributed by atoms with Crippen molar-refractivity contribution in [3.8, 4) is 0 Å². The van der Waals surface area contributed by atoms with Crippen LogP contribution < -0.4 is 5.32 Å². The third-order valence-electron chi connectivity index (χ3n) is 5.77. The van der Waals surface area contributed by atoms with Crippen molar-refractivity contribution in [3.05, 3.63) is 88.2 Å². The number of nitrogens with zero attached hydrogens (tertiary/aromatic N) is 3. The quantitative estimate of drug-likeness (QED) is 0.246. The Morgan fingerprint density at radius 3 is 2.29 bits per heavy atom. The van der Waals surface area contributed by atoms with Crippen molar-refractivity contribution >= 4 is 44.2 Å². The zero-order chi connectivity index (χ0) is 27.2. The van der Waals surface area contributed by atoms with Gasteiger partial charge >= 0.3 is 12.4 Å². The molecule has 3 heterocycles. The van der Waals surface area contributed by atoms with Crippen LogP contribution in [0.25, 0.3) is 21.3 Å². The molecular weight excluding hydrogens is 534 g/mol. The number of carbonyl (C=O) groups excluding carboxylic acids is 1. The van der Waals surface area contributed by atoms with Gasteiger partial charge in [0, 0.05) is 17.4 Å². The highest BCUT2D eigenvalue weighted by Gasteiger charge is 2.32. The van der Waals surface area contributed by atoms with Gasteiger partial charge in [0.25, 0.3) is 5.91 Å². The second-order valence-corrected chi connectivity index (χ2v) is 9.41. The number of carbonyl (C=O) groups is 1. The standard InChI is InChI=1S/C25H16F6N4O2S/c26-24(27,28)15-4-1-13(2-5-15)11-35-19-8-16(25(29,30)31)6-3-14(19)7-20(35)22(37)33-17-9-18-23(32-10-17)38-21(12-36)34-18/h1-10,36H,11-12H2,(H,33,37). The molecule has 0 saturated heterocycles. The van der Waals surface area contributed by atoms with Crippen LogP contribution in [0.5, 0.6) is 0 Å². The van der Waals surface area contributed by atoms with Crippen molar-refractivity contribution in [1.29, 1.82) is 0 Å². The van der Waals surface area contributed by atoms with E-state index in [1.165, 1.54) is 46.4 Å². The Hall–Kier alpha value is -3.97. The lowest BCUT2D eigenvalue weighted by Crippen LogP contribution is -2.18. The summed E-state index contributed by atoms with van der Waals surface area (Å²) in [4.78, 5) is 22.2. The maximum absolute atomic E-state index is 13.4. The number of halogens is 6. The van der Waals surface area contributed by atoms with Gasteiger partial charge in [-0.2, -0.15) is 26.3 Å². The van der Waals surface area contributed by atoms with Crippen molar-refractivity contribution < 1.29 is 36.2 Å². The van der Waals surface area contributed by atoms with Crippen LogP contribution in [0.2, 0.25) is 0 Å². The molecule has 0 radical (unpaired) electrons. The van der Waals surface area contributed by atoms with Gasteiger partial charge in [-0.1, -0.05) is 29.5 Å². The fraction of sp³-hybridized carbons (Fsp3) is 0.160. The van der Waals surface area contributed by atoms with E-state index < -0.39 is 29.4 Å². The molecule has 5 rings (SSSR count). The Bertz CT molecular complexity index is 1660. The molecule has 0 spiro atoms. The highest BCUT2D eigenvalue weighted by molar-refractivity contribution is 7.18. The van der Waals surface area contributed by atoms with Gasteiger partial charge in [-0.25, -0.2) is 9.97 Å². The molecule has 2 aromatic carbocycles. The second kappa shape index (κ2) is 9.40. The predicted octanol–water partition coefficient (Wildman–Crippen LogP) is 6.48. The minimum atomic E-state index is -4.64. The summed E-state index contributed by atoms with van der Waals surface area (Å²) >= 11 is 1.18. The Labute approximate surface area is 214 Å². The summed E-state index contributed by atoms with van der Waals surface area (Å²) in [6.07, 6.45) is -7.80. The van der Waals surface area contributed by atoms with Crippen molar-refractivity contribution in [2.45, 2.75) is 25.5 Å². The number of aliphatic hydroxyl groups excluding tert-OH is 1. The number of rotatable bonds is 5. The number of hydrogen-bond donors (Lipinski definition) is 2. The van der Waals surface area contributed by atoms with Crippen LogP contribution in [-0.2, 0) is 25.5 Å². The lowest BCUT2D eigenvalue weighted by atomic mass is 10.1. The Morgan fingerprint density at radius 2 is 1.63 bits per heavy atom. The third-order valence-corrected chi connectivity index (χ3v) is 6.74. The van der Waals surface area contributed by atoms with Crippen LogP contribution in [-0.4, -0.2) is 25.5 Å². The number of alkyl halides is 6. The smallest absolute Gasteiger partial charge is 0.389 e. The van der Waals surface area contributed by atoms with Gasteiger partial charge in [0.05, 0.1) is 29.6 Å². The molecule has 0 fully saturated rings. The summed E-state index contributed by atoms with van der Waals surface area (Å²) in [6, 6.07) is 10.1. The fourth-order valence-corrected chi connectivity index (χ4v) is 4.72. The lowest BCUT2D eigenvalue weighted by Gasteiger charge is -2.13. The molecule has 6 nitrogen and oxygen atoms in total. The molecular formula is C25H16F6N4O2S. The van der Waals surface area contributed by atoms with E-state index in [9.17, 15) is 36.2 Å². The van der Waals surface area contributed by atoms with E-state index in [0.29, 0.717) is 26.3 Å². The Morgan fingerprint density at radius 1 is 0.947 bits per heavy atom. The number of hydrogen-bond acceptors (Lipinski definition) is 5. The van der Waals surface area contributed by atoms with Gasteiger partial charge in [-0.05, 0) is 42.0 Å². The van der Waals surface area contributed by atoms with Crippen molar-refractivity contribution in [2.24, 2.45) is 0 Å². The number of aliphatic hydroxyl groups is 1. The zero-order valence-corrected chi connectivity index (χ0v) is 19.9. The molecule has 38 heavy (non-hydrogen) atoms. The van der Waals surface area contributed by atoms with Crippen LogP contribution in [0.15, 0.2) is 60.8 Å². The van der Waals surface area contributed by atoms with Gasteiger partial charge in [0.2, 0.25) is 0 Å². The Balaban J connectivity index is 1.54. The van der Waals surface area contributed by atoms with Crippen LogP contribution in [0, 0.1) is 0 Å². The molecule has 3 aromatic heterocycles. The lowest BCUT2D eigenvalue weighted by molar-refractivity contribution is -0.138. The molecule has 0 atom stereocenters. The normalized spacial score (nSPS) is 12.4. The number of thiazole rings is 1. The monoisotopic (exact) mass is 550 g/mol. The highest BCUT2D eigenvalue weighted by atomic mass is 32.1. The fourth-order valence-electron chi connectivity index (χ4n) is 3.97. The molecule has 0 aliphatic rings. The minimum absolute atomic E-state index is 0.00588. The van der Waals surface area contributed by atoms with Gasteiger partial charge in [0.1, 0.15) is 21.0 Å². The van der Waals surface area contributed by atoms with Gasteiger partial charge in [0.15, 0.2) is 0 Å². The first-order valence-corrected chi connectivity index (χ1v) is 11.8. The molecule has 0 bridgehead atoms. The molecule has 196 valence electrons. The summed E-state index contributed by atoms with van der Waals surface area (Å²) in [7, 11) is 0. The van der Waals surface area contributed by atoms with Crippen molar-refractivity contribution in [3.63, 3.8) is 0 Å². The SMILES string of the molecule is O=C(Nc1cnc2sc(CO)nc2c1)c1cc2ccc(C(F)(F)F)cc2n1Cc1ccc(C(F)(F)F)cc1. The van der Waals surface area contributed by atoms with Gasteiger partial charge in [-0.3, -0.25) is 4.79 Å². The van der Waals surface area contributed by atoms with Crippen molar-refractivity contribution in [2.75, 3.05) is 5.32 Å². The van der Waals surface area contributed by atoms with E-state index in [1.807, 2.05) is 0 Å². The van der Waals surface area contributed by atoms with Gasteiger partial charge in [-0.15, -0.1) is 0 Å². The first-order chi connectivity index (χ1) is 17.9. The Kier molecular flexibility index (Phi) is 6.35. The average Bonchev–Trinajstić information content (AvgIpc) is 3.44. The van der Waals surface area contributed by atoms with Crippen LogP contribution in [0.1, 0.15) is 32.2 Å². The first-order valence-electron chi connectivity index (χ1n) is 11.0. The van der Waals surface area contributed by atoms with E-state index in [4.69, 9.17) is 0 Å². The third kappa shape index (κ3) is 5.07. The molecule has 1 amide bonds. The van der Waals surface area contributed by atoms with Crippen LogP contribution in [0.3, 0.4) is 0 Å². The molecule has 5 aromatic rings. The average molecular weight is 550 g/mol. The number of benzene rings is 2. The number of amides is 1. The predicted molar refractivity (Wildman–Crippen MR) is 129 cm³/mol. The summed E-state index contributed by atoms with van der Waals surface area (Å²) in [5.41, 5.74) is -0.661. The molecule has 0 aliphatic carbocycles. The summed E-state index contributed by atoms with van der Waals surface area (Å²) in [6.45, 7) is -0.429. The number of anilines is 1. The number of pyridine rings is 1. The van der Waals surface area contributed by atoms with E-state index in [1.54, 1.807) is 6.07 Å². The molecule has 0 unspecified atom stereocenters. The van der Waals surface area contributed by atoms with Gasteiger partial charge < -0.3 is 15.0 Å². The molecule has 2 N–H and O–H groups in total. The van der Waals surface area contributed by atoms with Crippen LogP contribution in [0.4, 0.5) is 32.0 Å². The summed E-state index contributed by atoms with van der Waals surface area (Å²) in [5.74, 6) is -0.666. The zero-order valence-electron chi connectivity index (χ0n) is 19.1. The number of fused-ring (bicyclic) bond motifs is 2. The summed E-state index contributed by atoms with van der Waals surface area (Å²) < 4.78 is 80.5.